The average molecular weight is 280 g/mol. The van der Waals surface area contributed by atoms with Gasteiger partial charge < -0.3 is 15.0 Å². The van der Waals surface area contributed by atoms with Crippen molar-refractivity contribution in [3.63, 3.8) is 0 Å². The Bertz CT molecular complexity index is 635. The van der Waals surface area contributed by atoms with Gasteiger partial charge in [0.2, 0.25) is 0 Å². The second-order valence-corrected chi connectivity index (χ2v) is 5.76. The molecule has 2 aromatic carbocycles. The molecule has 0 aliphatic carbocycles. The maximum Gasteiger partial charge on any atom is 0.142 e. The molecule has 0 saturated carbocycles. The third kappa shape index (κ3) is 2.33. The number of hydrogen-bond donors (Lipinski definition) is 1. The van der Waals surface area contributed by atoms with Crippen molar-refractivity contribution in [1.29, 1.82) is 0 Å². The molecule has 2 aliphatic rings. The van der Waals surface area contributed by atoms with Crippen molar-refractivity contribution in [2.24, 2.45) is 0 Å². The quantitative estimate of drug-likeness (QED) is 0.904. The van der Waals surface area contributed by atoms with Crippen molar-refractivity contribution in [3.8, 4) is 5.75 Å². The van der Waals surface area contributed by atoms with Crippen LogP contribution in [-0.4, -0.2) is 19.7 Å². The van der Waals surface area contributed by atoms with Crippen LogP contribution < -0.4 is 15.0 Å². The van der Waals surface area contributed by atoms with Gasteiger partial charge in [0.25, 0.3) is 0 Å². The van der Waals surface area contributed by atoms with Crippen molar-refractivity contribution in [3.05, 3.63) is 54.1 Å². The van der Waals surface area contributed by atoms with Gasteiger partial charge in [-0.1, -0.05) is 30.3 Å². The molecule has 3 nitrogen and oxygen atoms in total. The van der Waals surface area contributed by atoms with Crippen LogP contribution in [0.1, 0.15) is 24.4 Å². The summed E-state index contributed by atoms with van der Waals surface area (Å²) in [5, 5.41) is 3.63. The summed E-state index contributed by atoms with van der Waals surface area (Å²) in [6.45, 7) is 3.02. The standard InChI is InChI=1S/C18H20N2O/c1-3-9-17(20-11-5-6-12-20)14(7-1)16-13-21-18-10-4-2-8-15(18)19-16/h1-4,7-10,16,19H,5-6,11-13H2. The van der Waals surface area contributed by atoms with Crippen LogP contribution >= 0.6 is 0 Å². The number of nitrogens with one attached hydrogen (secondary N) is 1. The number of fused-ring (bicyclic) bond motifs is 1. The Balaban J connectivity index is 1.65. The molecule has 4 rings (SSSR count). The Morgan fingerprint density at radius 2 is 1.71 bits per heavy atom. The van der Waals surface area contributed by atoms with E-state index in [1.54, 1.807) is 0 Å². The van der Waals surface area contributed by atoms with Gasteiger partial charge in [-0.25, -0.2) is 0 Å². The fourth-order valence-corrected chi connectivity index (χ4v) is 3.31. The first kappa shape index (κ1) is 12.6. The molecule has 2 aliphatic heterocycles. The van der Waals surface area contributed by atoms with E-state index in [0.29, 0.717) is 6.61 Å². The van der Waals surface area contributed by atoms with Gasteiger partial charge in [0.05, 0.1) is 11.7 Å². The first-order valence-corrected chi connectivity index (χ1v) is 7.74. The fourth-order valence-electron chi connectivity index (χ4n) is 3.31. The van der Waals surface area contributed by atoms with E-state index < -0.39 is 0 Å². The van der Waals surface area contributed by atoms with Gasteiger partial charge in [-0.2, -0.15) is 0 Å². The number of nitrogens with zero attached hydrogens (tertiary/aromatic N) is 1. The first-order valence-electron chi connectivity index (χ1n) is 7.74. The van der Waals surface area contributed by atoms with Crippen LogP contribution in [0, 0.1) is 0 Å². The van der Waals surface area contributed by atoms with E-state index in [0.717, 1.165) is 11.4 Å². The zero-order chi connectivity index (χ0) is 14.1. The van der Waals surface area contributed by atoms with E-state index in [1.807, 2.05) is 18.2 Å². The van der Waals surface area contributed by atoms with E-state index in [2.05, 4.69) is 40.5 Å². The highest BCUT2D eigenvalue weighted by molar-refractivity contribution is 5.63. The molecule has 21 heavy (non-hydrogen) atoms. The summed E-state index contributed by atoms with van der Waals surface area (Å²) in [5.74, 6) is 0.951. The van der Waals surface area contributed by atoms with E-state index in [-0.39, 0.29) is 6.04 Å². The zero-order valence-corrected chi connectivity index (χ0v) is 12.1. The molecule has 1 unspecified atom stereocenters. The van der Waals surface area contributed by atoms with Crippen LogP contribution in [0.25, 0.3) is 0 Å². The SMILES string of the molecule is c1ccc2c(c1)NC(c1ccccc1N1CCCC1)CO2. The molecule has 0 radical (unpaired) electrons. The Morgan fingerprint density at radius 3 is 2.62 bits per heavy atom. The molecule has 1 saturated heterocycles. The van der Waals surface area contributed by atoms with Crippen LogP contribution in [0.5, 0.6) is 5.75 Å². The van der Waals surface area contributed by atoms with Crippen molar-refractivity contribution in [2.75, 3.05) is 29.9 Å². The summed E-state index contributed by atoms with van der Waals surface area (Å²) in [6, 6.07) is 17.1. The zero-order valence-electron chi connectivity index (χ0n) is 12.1. The molecule has 0 spiro atoms. The van der Waals surface area contributed by atoms with E-state index in [1.165, 1.54) is 37.2 Å². The van der Waals surface area contributed by atoms with Gasteiger partial charge in [-0.15, -0.1) is 0 Å². The molecule has 3 heteroatoms. The van der Waals surface area contributed by atoms with E-state index in [9.17, 15) is 0 Å². The molecule has 108 valence electrons. The number of anilines is 2. The minimum absolute atomic E-state index is 0.219. The maximum atomic E-state index is 5.93. The summed E-state index contributed by atoms with van der Waals surface area (Å²) in [7, 11) is 0. The monoisotopic (exact) mass is 280 g/mol. The average Bonchev–Trinajstić information content (AvgIpc) is 3.09. The van der Waals surface area contributed by atoms with Crippen molar-refractivity contribution in [1.82, 2.24) is 0 Å². The van der Waals surface area contributed by atoms with Crippen LogP contribution in [0.3, 0.4) is 0 Å². The predicted molar refractivity (Wildman–Crippen MR) is 86.2 cm³/mol. The van der Waals surface area contributed by atoms with Gasteiger partial charge in [0.1, 0.15) is 12.4 Å². The molecule has 0 amide bonds. The number of benzene rings is 2. The normalized spacial score (nSPS) is 20.6. The lowest BCUT2D eigenvalue weighted by Crippen LogP contribution is -2.27. The maximum absolute atomic E-state index is 5.93. The second-order valence-electron chi connectivity index (χ2n) is 5.76. The topological polar surface area (TPSA) is 24.5 Å². The number of rotatable bonds is 2. The molecule has 1 N–H and O–H groups in total. The van der Waals surface area contributed by atoms with Gasteiger partial charge in [-0.3, -0.25) is 0 Å². The summed E-state index contributed by atoms with van der Waals surface area (Å²) in [6.07, 6.45) is 2.59. The third-order valence-electron chi connectivity index (χ3n) is 4.38. The lowest BCUT2D eigenvalue weighted by Gasteiger charge is -2.31. The van der Waals surface area contributed by atoms with Gasteiger partial charge in [-0.05, 0) is 31.0 Å². The van der Waals surface area contributed by atoms with Crippen LogP contribution in [-0.2, 0) is 0 Å². The predicted octanol–water partition coefficient (Wildman–Crippen LogP) is 3.83. The number of hydrogen-bond acceptors (Lipinski definition) is 3. The minimum Gasteiger partial charge on any atom is -0.489 e. The molecule has 2 heterocycles. The summed E-state index contributed by atoms with van der Waals surface area (Å²) < 4.78 is 5.93. The fraction of sp³-hybridized carbons (Fsp3) is 0.333. The largest absolute Gasteiger partial charge is 0.489 e. The van der Waals surface area contributed by atoms with Crippen molar-refractivity contribution < 1.29 is 4.74 Å². The third-order valence-corrected chi connectivity index (χ3v) is 4.38. The summed E-state index contributed by atoms with van der Waals surface area (Å²) in [4.78, 5) is 2.50. The highest BCUT2D eigenvalue weighted by Gasteiger charge is 2.24. The number of para-hydroxylation sites is 3. The summed E-state index contributed by atoms with van der Waals surface area (Å²) >= 11 is 0. The lowest BCUT2D eigenvalue weighted by atomic mass is 10.0. The van der Waals surface area contributed by atoms with E-state index in [4.69, 9.17) is 4.74 Å². The Labute approximate surface area is 125 Å². The molecule has 1 atom stereocenters. The molecule has 0 bridgehead atoms. The molecular weight excluding hydrogens is 260 g/mol. The van der Waals surface area contributed by atoms with Crippen molar-refractivity contribution in [2.45, 2.75) is 18.9 Å². The van der Waals surface area contributed by atoms with Crippen molar-refractivity contribution >= 4 is 11.4 Å². The Morgan fingerprint density at radius 1 is 0.952 bits per heavy atom. The molecule has 1 fully saturated rings. The first-order chi connectivity index (χ1) is 10.4. The van der Waals surface area contributed by atoms with Crippen LogP contribution in [0.15, 0.2) is 48.5 Å². The number of ether oxygens (including phenoxy) is 1. The van der Waals surface area contributed by atoms with Crippen LogP contribution in [0.2, 0.25) is 0 Å². The smallest absolute Gasteiger partial charge is 0.142 e. The molecule has 0 aromatic heterocycles. The molecule has 2 aromatic rings. The van der Waals surface area contributed by atoms with Gasteiger partial charge in [0.15, 0.2) is 0 Å². The Hall–Kier alpha value is -2.16. The van der Waals surface area contributed by atoms with Crippen LogP contribution in [0.4, 0.5) is 11.4 Å². The van der Waals surface area contributed by atoms with E-state index >= 15 is 0 Å². The Kier molecular flexibility index (Phi) is 3.18. The lowest BCUT2D eigenvalue weighted by molar-refractivity contribution is 0.286. The minimum atomic E-state index is 0.219. The highest BCUT2D eigenvalue weighted by atomic mass is 16.5. The highest BCUT2D eigenvalue weighted by Crippen LogP contribution is 2.37. The van der Waals surface area contributed by atoms with Gasteiger partial charge in [0, 0.05) is 24.3 Å². The van der Waals surface area contributed by atoms with Gasteiger partial charge >= 0.3 is 0 Å². The summed E-state index contributed by atoms with van der Waals surface area (Å²) in [5.41, 5.74) is 3.79. The molecular formula is C18H20N2O. The second kappa shape index (κ2) is 5.32.